The van der Waals surface area contributed by atoms with Crippen molar-refractivity contribution >= 4 is 21.7 Å². The SMILES string of the molecule is CN(C(=O)Oc1cc(=O)n(C)cc1-c1cc(CS(C)(=O)=O)ccc1C(=O)c1ccc(F)cc1)C(C)(C)C. The van der Waals surface area contributed by atoms with Crippen molar-refractivity contribution in [2.24, 2.45) is 7.05 Å². The predicted octanol–water partition coefficient (Wildman–Crippen LogP) is 4.20. The molecule has 3 aromatic rings. The highest BCUT2D eigenvalue weighted by Gasteiger charge is 2.26. The average molecular weight is 529 g/mol. The number of amides is 1. The van der Waals surface area contributed by atoms with E-state index in [1.54, 1.807) is 7.05 Å². The number of sulfone groups is 1. The molecule has 10 heteroatoms. The van der Waals surface area contributed by atoms with Crippen molar-refractivity contribution in [1.29, 1.82) is 0 Å². The van der Waals surface area contributed by atoms with E-state index >= 15 is 0 Å². The Bertz CT molecular complexity index is 1520. The van der Waals surface area contributed by atoms with Crippen molar-refractivity contribution in [2.75, 3.05) is 13.3 Å². The zero-order valence-corrected chi connectivity index (χ0v) is 22.3. The van der Waals surface area contributed by atoms with Crippen LogP contribution in [-0.2, 0) is 22.6 Å². The quantitative estimate of drug-likeness (QED) is 0.445. The summed E-state index contributed by atoms with van der Waals surface area (Å²) in [6.45, 7) is 5.44. The van der Waals surface area contributed by atoms with Crippen LogP contribution in [-0.4, -0.2) is 48.6 Å². The van der Waals surface area contributed by atoms with Gasteiger partial charge in [0.25, 0.3) is 5.56 Å². The number of aromatic nitrogens is 1. The van der Waals surface area contributed by atoms with E-state index in [9.17, 15) is 27.2 Å². The number of ether oxygens (including phenoxy) is 1. The van der Waals surface area contributed by atoms with Gasteiger partial charge in [0.2, 0.25) is 0 Å². The third kappa shape index (κ3) is 6.71. The van der Waals surface area contributed by atoms with Gasteiger partial charge in [-0.1, -0.05) is 12.1 Å². The maximum atomic E-state index is 13.5. The molecule has 0 aliphatic carbocycles. The zero-order valence-electron chi connectivity index (χ0n) is 21.5. The maximum absolute atomic E-state index is 13.5. The molecule has 2 aromatic carbocycles. The van der Waals surface area contributed by atoms with E-state index < -0.39 is 38.6 Å². The molecule has 0 radical (unpaired) electrons. The number of benzene rings is 2. The van der Waals surface area contributed by atoms with Gasteiger partial charge in [-0.15, -0.1) is 0 Å². The molecule has 1 aromatic heterocycles. The van der Waals surface area contributed by atoms with Crippen molar-refractivity contribution < 1.29 is 27.1 Å². The summed E-state index contributed by atoms with van der Waals surface area (Å²) in [6.07, 6.45) is 1.79. The molecule has 0 saturated heterocycles. The number of halogens is 1. The number of carbonyl (C=O) groups excluding carboxylic acids is 2. The van der Waals surface area contributed by atoms with Gasteiger partial charge in [-0.05, 0) is 62.2 Å². The molecule has 0 atom stereocenters. The molecule has 0 fully saturated rings. The van der Waals surface area contributed by atoms with Crippen molar-refractivity contribution in [3.63, 3.8) is 0 Å². The number of nitrogens with zero attached hydrogens (tertiary/aromatic N) is 2. The second kappa shape index (κ2) is 10.3. The first-order valence-corrected chi connectivity index (χ1v) is 13.4. The van der Waals surface area contributed by atoms with Crippen molar-refractivity contribution in [3.05, 3.63) is 87.6 Å². The van der Waals surface area contributed by atoms with Crippen LogP contribution in [0.15, 0.2) is 59.5 Å². The first-order chi connectivity index (χ1) is 17.1. The van der Waals surface area contributed by atoms with Crippen LogP contribution < -0.4 is 10.3 Å². The third-order valence-electron chi connectivity index (χ3n) is 5.82. The number of carbonyl (C=O) groups is 2. The summed E-state index contributed by atoms with van der Waals surface area (Å²) < 4.78 is 44.3. The summed E-state index contributed by atoms with van der Waals surface area (Å²) in [6, 6.07) is 10.6. The fourth-order valence-corrected chi connectivity index (χ4v) is 4.28. The summed E-state index contributed by atoms with van der Waals surface area (Å²) in [5.41, 5.74) is 0.217. The zero-order chi connectivity index (χ0) is 27.7. The Hall–Kier alpha value is -3.79. The number of hydrogen-bond acceptors (Lipinski definition) is 6. The molecule has 0 N–H and O–H groups in total. The summed E-state index contributed by atoms with van der Waals surface area (Å²) in [7, 11) is -0.356. The lowest BCUT2D eigenvalue weighted by atomic mass is 9.92. The summed E-state index contributed by atoms with van der Waals surface area (Å²) in [5, 5.41) is 0. The van der Waals surface area contributed by atoms with Crippen LogP contribution in [0, 0.1) is 5.82 Å². The summed E-state index contributed by atoms with van der Waals surface area (Å²) in [4.78, 5) is 40.2. The van der Waals surface area contributed by atoms with Crippen LogP contribution >= 0.6 is 0 Å². The van der Waals surface area contributed by atoms with E-state index in [4.69, 9.17) is 4.74 Å². The van der Waals surface area contributed by atoms with Gasteiger partial charge in [0.15, 0.2) is 15.6 Å². The Kier molecular flexibility index (Phi) is 7.73. The second-order valence-corrected chi connectivity index (χ2v) is 12.0. The minimum absolute atomic E-state index is 0.0890. The summed E-state index contributed by atoms with van der Waals surface area (Å²) >= 11 is 0. The molecule has 1 amide bonds. The highest BCUT2D eigenvalue weighted by molar-refractivity contribution is 7.89. The van der Waals surface area contributed by atoms with Crippen LogP contribution in [0.1, 0.15) is 42.3 Å². The molecule has 3 rings (SSSR count). The van der Waals surface area contributed by atoms with Gasteiger partial charge in [0.05, 0.1) is 5.75 Å². The number of rotatable bonds is 6. The van der Waals surface area contributed by atoms with Gasteiger partial charge < -0.3 is 14.2 Å². The van der Waals surface area contributed by atoms with Gasteiger partial charge in [0, 0.05) is 54.8 Å². The van der Waals surface area contributed by atoms with E-state index in [0.29, 0.717) is 5.56 Å². The van der Waals surface area contributed by atoms with Gasteiger partial charge in [-0.2, -0.15) is 0 Å². The van der Waals surface area contributed by atoms with Crippen LogP contribution in [0.4, 0.5) is 9.18 Å². The molecule has 196 valence electrons. The Morgan fingerprint density at radius 1 is 1.03 bits per heavy atom. The molecule has 8 nitrogen and oxygen atoms in total. The second-order valence-electron chi connectivity index (χ2n) is 9.88. The first-order valence-electron chi connectivity index (χ1n) is 11.3. The largest absolute Gasteiger partial charge is 0.415 e. The van der Waals surface area contributed by atoms with E-state index in [-0.39, 0.29) is 33.8 Å². The smallest absolute Gasteiger partial charge is 0.409 e. The summed E-state index contributed by atoms with van der Waals surface area (Å²) in [5.74, 6) is -1.35. The third-order valence-corrected chi connectivity index (χ3v) is 6.68. The number of ketones is 1. The molecule has 0 aliphatic heterocycles. The van der Waals surface area contributed by atoms with E-state index in [2.05, 4.69) is 0 Å². The molecular formula is C27H29FN2O6S. The Balaban J connectivity index is 2.25. The lowest BCUT2D eigenvalue weighted by molar-refractivity contribution is 0.103. The van der Waals surface area contributed by atoms with E-state index in [1.165, 1.54) is 53.0 Å². The Labute approximate surface area is 215 Å². The molecule has 37 heavy (non-hydrogen) atoms. The van der Waals surface area contributed by atoms with Crippen LogP contribution in [0.25, 0.3) is 11.1 Å². The van der Waals surface area contributed by atoms with Gasteiger partial charge in [-0.3, -0.25) is 9.59 Å². The lowest BCUT2D eigenvalue weighted by Crippen LogP contribution is -2.44. The maximum Gasteiger partial charge on any atom is 0.415 e. The van der Waals surface area contributed by atoms with Crippen molar-refractivity contribution in [3.8, 4) is 16.9 Å². The molecular weight excluding hydrogens is 499 g/mol. The van der Waals surface area contributed by atoms with Gasteiger partial charge >= 0.3 is 6.09 Å². The van der Waals surface area contributed by atoms with Crippen LogP contribution in [0.5, 0.6) is 5.75 Å². The predicted molar refractivity (Wildman–Crippen MR) is 139 cm³/mol. The topological polar surface area (TPSA) is 103 Å². The number of aryl methyl sites for hydroxylation is 1. The minimum Gasteiger partial charge on any atom is -0.409 e. The molecule has 0 spiro atoms. The van der Waals surface area contributed by atoms with Gasteiger partial charge in [0.1, 0.15) is 11.6 Å². The lowest BCUT2D eigenvalue weighted by Gasteiger charge is -2.31. The van der Waals surface area contributed by atoms with Crippen LogP contribution in [0.3, 0.4) is 0 Å². The first kappa shape index (κ1) is 27.8. The molecule has 0 saturated carbocycles. The Morgan fingerprint density at radius 3 is 2.22 bits per heavy atom. The van der Waals surface area contributed by atoms with E-state index in [0.717, 1.165) is 24.5 Å². The van der Waals surface area contributed by atoms with E-state index in [1.807, 2.05) is 20.8 Å². The fraction of sp³-hybridized carbons (Fsp3) is 0.296. The van der Waals surface area contributed by atoms with Crippen LogP contribution in [0.2, 0.25) is 0 Å². The number of pyridine rings is 1. The highest BCUT2D eigenvalue weighted by atomic mass is 32.2. The molecule has 0 bridgehead atoms. The van der Waals surface area contributed by atoms with Crippen molar-refractivity contribution in [1.82, 2.24) is 9.47 Å². The minimum atomic E-state index is -3.41. The highest BCUT2D eigenvalue weighted by Crippen LogP contribution is 2.34. The normalized spacial score (nSPS) is 11.8. The Morgan fingerprint density at radius 2 is 1.65 bits per heavy atom. The number of hydrogen-bond donors (Lipinski definition) is 0. The average Bonchev–Trinajstić information content (AvgIpc) is 2.79. The van der Waals surface area contributed by atoms with Crippen molar-refractivity contribution in [2.45, 2.75) is 32.1 Å². The van der Waals surface area contributed by atoms with Gasteiger partial charge in [-0.25, -0.2) is 17.6 Å². The molecule has 1 heterocycles. The molecule has 0 aliphatic rings. The molecule has 0 unspecified atom stereocenters. The monoisotopic (exact) mass is 528 g/mol. The standard InChI is InChI=1S/C27H29FN2O6S/c1-27(2,3)30(5)26(33)36-23-14-24(31)29(4)15-22(23)21-13-17(16-37(6,34)35)7-12-20(21)25(32)18-8-10-19(28)11-9-18/h7-15H,16H2,1-6H3. The fourth-order valence-electron chi connectivity index (χ4n) is 3.50.